The third kappa shape index (κ3) is 5.86. The van der Waals surface area contributed by atoms with Gasteiger partial charge in [-0.1, -0.05) is 32.4 Å². The number of carbonyl (C=O) groups is 3. The summed E-state index contributed by atoms with van der Waals surface area (Å²) in [5, 5.41) is 9.24. The highest BCUT2D eigenvalue weighted by atomic mass is 32.2. The minimum Gasteiger partial charge on any atom is -0.465 e. The van der Waals surface area contributed by atoms with Crippen LogP contribution in [0, 0.1) is 17.8 Å². The summed E-state index contributed by atoms with van der Waals surface area (Å²) in [5.74, 6) is -1.32. The molecule has 4 unspecified atom stereocenters. The van der Waals surface area contributed by atoms with Crippen molar-refractivity contribution in [2.45, 2.75) is 101 Å². The van der Waals surface area contributed by atoms with E-state index in [-0.39, 0.29) is 41.6 Å². The van der Waals surface area contributed by atoms with Crippen LogP contribution in [0.2, 0.25) is 0 Å². The van der Waals surface area contributed by atoms with Crippen molar-refractivity contribution < 1.29 is 24.2 Å². The number of fused-ring (bicyclic) bond motifs is 1. The van der Waals surface area contributed by atoms with Gasteiger partial charge in [-0.15, -0.1) is 24.9 Å². The second-order valence-electron chi connectivity index (χ2n) is 11.2. The summed E-state index contributed by atoms with van der Waals surface area (Å²) in [5.41, 5.74) is 0. The number of thioether (sulfide) groups is 1. The van der Waals surface area contributed by atoms with Crippen LogP contribution in [0.3, 0.4) is 0 Å². The zero-order chi connectivity index (χ0) is 27.9. The zero-order valence-electron chi connectivity index (χ0n) is 23.6. The lowest BCUT2D eigenvalue weighted by atomic mass is 9.66. The van der Waals surface area contributed by atoms with Crippen LogP contribution >= 0.6 is 11.8 Å². The maximum absolute atomic E-state index is 14.4. The molecule has 38 heavy (non-hydrogen) atoms. The van der Waals surface area contributed by atoms with Gasteiger partial charge in [0.2, 0.25) is 11.8 Å². The normalized spacial score (nSPS) is 30.3. The Morgan fingerprint density at radius 3 is 2.66 bits per heavy atom. The number of ether oxygens (including phenoxy) is 1. The molecular weight excluding hydrogens is 500 g/mol. The highest BCUT2D eigenvalue weighted by molar-refractivity contribution is 8.02. The molecule has 0 radical (unpaired) electrons. The lowest BCUT2D eigenvalue weighted by molar-refractivity contribution is -0.154. The highest BCUT2D eigenvalue weighted by Gasteiger charge is 2.76. The SMILES string of the molecule is C=CCCCCOC(=O)[C@@H]1[C@@H]2CC(C)C3(S2)C(C(=O)N(CC=C)C(C)CCC)N(CCCCCO)C(=O)[C@H]13. The number of hydrogen-bond donors (Lipinski definition) is 1. The summed E-state index contributed by atoms with van der Waals surface area (Å²) in [7, 11) is 0. The summed E-state index contributed by atoms with van der Waals surface area (Å²) in [4.78, 5) is 45.7. The number of amides is 2. The number of hydrogen-bond acceptors (Lipinski definition) is 6. The van der Waals surface area contributed by atoms with E-state index >= 15 is 0 Å². The molecule has 0 aromatic heterocycles. The van der Waals surface area contributed by atoms with Gasteiger partial charge in [-0.25, -0.2) is 0 Å². The van der Waals surface area contributed by atoms with Crippen LogP contribution in [-0.4, -0.2) is 81.1 Å². The number of aliphatic hydroxyl groups is 1. The maximum Gasteiger partial charge on any atom is 0.310 e. The third-order valence-electron chi connectivity index (χ3n) is 8.70. The molecule has 7 atom stereocenters. The second-order valence-corrected chi connectivity index (χ2v) is 12.8. The molecule has 3 rings (SSSR count). The summed E-state index contributed by atoms with van der Waals surface area (Å²) in [6.07, 6.45) is 11.0. The van der Waals surface area contributed by atoms with Crippen LogP contribution < -0.4 is 0 Å². The number of carbonyl (C=O) groups excluding carboxylic acids is 3. The molecule has 1 spiro atoms. The van der Waals surface area contributed by atoms with Crippen LogP contribution in [0.15, 0.2) is 25.3 Å². The van der Waals surface area contributed by atoms with Gasteiger partial charge >= 0.3 is 5.97 Å². The van der Waals surface area contributed by atoms with Gasteiger partial charge in [0, 0.05) is 31.0 Å². The first-order chi connectivity index (χ1) is 18.3. The maximum atomic E-state index is 14.4. The van der Waals surface area contributed by atoms with E-state index in [9.17, 15) is 19.5 Å². The monoisotopic (exact) mass is 548 g/mol. The van der Waals surface area contributed by atoms with Crippen LogP contribution in [0.5, 0.6) is 0 Å². The Hall–Kier alpha value is -1.80. The molecule has 3 saturated heterocycles. The van der Waals surface area contributed by atoms with Crippen molar-refractivity contribution in [2.75, 3.05) is 26.3 Å². The van der Waals surface area contributed by atoms with Crippen molar-refractivity contribution in [2.24, 2.45) is 17.8 Å². The van der Waals surface area contributed by atoms with E-state index in [4.69, 9.17) is 4.74 Å². The number of likely N-dealkylation sites (tertiary alicyclic amines) is 1. The van der Waals surface area contributed by atoms with Crippen LogP contribution in [0.4, 0.5) is 0 Å². The molecule has 0 aromatic carbocycles. The Bertz CT molecular complexity index is 866. The van der Waals surface area contributed by atoms with E-state index in [0.29, 0.717) is 32.5 Å². The highest BCUT2D eigenvalue weighted by Crippen LogP contribution is 2.68. The van der Waals surface area contributed by atoms with Gasteiger partial charge in [0.15, 0.2) is 0 Å². The van der Waals surface area contributed by atoms with E-state index < -0.39 is 22.6 Å². The molecule has 3 heterocycles. The number of unbranched alkanes of at least 4 members (excludes halogenated alkanes) is 4. The fraction of sp³-hybridized carbons (Fsp3) is 0.767. The molecule has 0 aromatic rings. The molecule has 3 fully saturated rings. The summed E-state index contributed by atoms with van der Waals surface area (Å²) in [6.45, 7) is 15.3. The van der Waals surface area contributed by atoms with Gasteiger partial charge < -0.3 is 19.6 Å². The Labute approximate surface area is 233 Å². The van der Waals surface area contributed by atoms with Crippen molar-refractivity contribution in [1.82, 2.24) is 9.80 Å². The number of esters is 1. The van der Waals surface area contributed by atoms with Crippen molar-refractivity contribution in [3.63, 3.8) is 0 Å². The van der Waals surface area contributed by atoms with Crippen molar-refractivity contribution in [3.05, 3.63) is 25.3 Å². The molecule has 1 N–H and O–H groups in total. The number of allylic oxidation sites excluding steroid dienone is 1. The minimum absolute atomic E-state index is 0.00705. The topological polar surface area (TPSA) is 87.2 Å². The minimum atomic E-state index is -0.631. The first-order valence-electron chi connectivity index (χ1n) is 14.6. The fourth-order valence-corrected chi connectivity index (χ4v) is 9.30. The Balaban J connectivity index is 1.93. The summed E-state index contributed by atoms with van der Waals surface area (Å²) >= 11 is 1.70. The van der Waals surface area contributed by atoms with Gasteiger partial charge in [0.1, 0.15) is 6.04 Å². The standard InChI is InChI=1S/C30H48N2O5S/c1-6-9-10-14-19-37-29(36)24-23-20-21(4)30(38-23)25(24)27(34)32(17-12-11-13-18-33)26(30)28(35)31(16-8-3)22(5)15-7-2/h6,8,21-26,33H,1,3,7,9-20H2,2,4-5H3/t21?,22?,23-,24+,25-,26?,30?/m0/s1. The van der Waals surface area contributed by atoms with Crippen LogP contribution in [0.25, 0.3) is 0 Å². The van der Waals surface area contributed by atoms with Crippen molar-refractivity contribution in [3.8, 4) is 0 Å². The molecule has 214 valence electrons. The first-order valence-corrected chi connectivity index (χ1v) is 15.5. The van der Waals surface area contributed by atoms with E-state index in [0.717, 1.165) is 44.9 Å². The molecule has 2 bridgehead atoms. The van der Waals surface area contributed by atoms with Crippen molar-refractivity contribution in [1.29, 1.82) is 0 Å². The average Bonchev–Trinajstić information content (AvgIpc) is 3.48. The third-order valence-corrected chi connectivity index (χ3v) is 10.8. The van der Waals surface area contributed by atoms with Gasteiger partial charge in [0.25, 0.3) is 0 Å². The molecule has 0 aliphatic carbocycles. The van der Waals surface area contributed by atoms with E-state index in [2.05, 4.69) is 33.9 Å². The second kappa shape index (κ2) is 14.0. The van der Waals surface area contributed by atoms with E-state index in [1.807, 2.05) is 11.0 Å². The smallest absolute Gasteiger partial charge is 0.310 e. The van der Waals surface area contributed by atoms with Gasteiger partial charge in [0.05, 0.1) is 23.2 Å². The van der Waals surface area contributed by atoms with E-state index in [1.54, 1.807) is 22.7 Å². The quantitative estimate of drug-likeness (QED) is 0.163. The molecule has 2 amide bonds. The number of aliphatic hydroxyl groups excluding tert-OH is 1. The number of rotatable bonds is 17. The number of nitrogens with zero attached hydrogens (tertiary/aromatic N) is 2. The molecular formula is C30H48N2O5S. The Morgan fingerprint density at radius 2 is 2.00 bits per heavy atom. The summed E-state index contributed by atoms with van der Waals surface area (Å²) in [6, 6.07) is -0.577. The lowest BCUT2D eigenvalue weighted by Crippen LogP contribution is -2.58. The summed E-state index contributed by atoms with van der Waals surface area (Å²) < 4.78 is 5.09. The average molecular weight is 549 g/mol. The van der Waals surface area contributed by atoms with Gasteiger partial charge in [-0.3, -0.25) is 14.4 Å². The predicted molar refractivity (Wildman–Crippen MR) is 153 cm³/mol. The van der Waals surface area contributed by atoms with Gasteiger partial charge in [-0.05, 0) is 64.2 Å². The van der Waals surface area contributed by atoms with Crippen molar-refractivity contribution >= 4 is 29.5 Å². The largest absolute Gasteiger partial charge is 0.465 e. The van der Waals surface area contributed by atoms with Crippen LogP contribution in [0.1, 0.15) is 78.6 Å². The van der Waals surface area contributed by atoms with Crippen LogP contribution in [-0.2, 0) is 19.1 Å². The Morgan fingerprint density at radius 1 is 1.24 bits per heavy atom. The fourth-order valence-electron chi connectivity index (χ4n) is 6.90. The molecule has 0 saturated carbocycles. The van der Waals surface area contributed by atoms with E-state index in [1.165, 1.54) is 0 Å². The lowest BCUT2D eigenvalue weighted by Gasteiger charge is -2.41. The molecule has 3 aliphatic heterocycles. The predicted octanol–water partition coefficient (Wildman–Crippen LogP) is 4.59. The first kappa shape index (κ1) is 30.7. The van der Waals surface area contributed by atoms with Gasteiger partial charge in [-0.2, -0.15) is 0 Å². The molecule has 8 heteroatoms. The zero-order valence-corrected chi connectivity index (χ0v) is 24.4. The molecule has 3 aliphatic rings. The molecule has 7 nitrogen and oxygen atoms in total. The Kier molecular flexibility index (Phi) is 11.3.